The maximum absolute atomic E-state index is 11.8. The first-order chi connectivity index (χ1) is 12.3. The van der Waals surface area contributed by atoms with Gasteiger partial charge in [-0.3, -0.25) is 18.4 Å². The monoisotopic (exact) mass is 388 g/mol. The number of methoxy groups -OCH3 is 1. The summed E-state index contributed by atoms with van der Waals surface area (Å²) < 4.78 is 34.6. The van der Waals surface area contributed by atoms with Crippen LogP contribution in [0.15, 0.2) is 17.4 Å². The van der Waals surface area contributed by atoms with Crippen LogP contribution in [0.25, 0.3) is 11.2 Å². The van der Waals surface area contributed by atoms with Crippen molar-refractivity contribution < 1.29 is 28.0 Å². The topological polar surface area (TPSA) is 138 Å². The molecule has 2 unspecified atom stereocenters. The third kappa shape index (κ3) is 4.03. The molecule has 0 bridgehead atoms. The Kier molecular flexibility index (Phi) is 5.56. The second kappa shape index (κ2) is 7.55. The lowest BCUT2D eigenvalue weighted by atomic mass is 10.2. The van der Waals surface area contributed by atoms with Crippen molar-refractivity contribution in [3.63, 3.8) is 0 Å². The number of fused-ring (bicyclic) bond motifs is 1. The van der Waals surface area contributed by atoms with E-state index in [0.29, 0.717) is 12.1 Å². The molecular weight excluding hydrogens is 367 g/mol. The summed E-state index contributed by atoms with van der Waals surface area (Å²) in [6.07, 6.45) is 1.26. The number of phosphoric ester groups is 1. The summed E-state index contributed by atoms with van der Waals surface area (Å²) in [7, 11) is -2.66. The molecule has 1 aliphatic heterocycles. The van der Waals surface area contributed by atoms with E-state index in [2.05, 4.69) is 15.0 Å². The quantitative estimate of drug-likeness (QED) is 0.664. The molecule has 2 aromatic heterocycles. The van der Waals surface area contributed by atoms with Gasteiger partial charge in [0.05, 0.1) is 31.5 Å². The number of ether oxygens (including phenoxy) is 2. The number of aromatic amines is 1. The maximum atomic E-state index is 11.8. The number of imidazole rings is 1. The number of hydrogen-bond acceptors (Lipinski definition) is 8. The first-order valence-corrected chi connectivity index (χ1v) is 9.54. The van der Waals surface area contributed by atoms with E-state index >= 15 is 0 Å². The third-order valence-electron chi connectivity index (χ3n) is 3.90. The van der Waals surface area contributed by atoms with Crippen LogP contribution in [0, 0.1) is 0 Å². The fourth-order valence-corrected chi connectivity index (χ4v) is 3.74. The molecule has 1 fully saturated rings. The van der Waals surface area contributed by atoms with Crippen molar-refractivity contribution in [1.82, 2.24) is 19.5 Å². The predicted octanol–water partition coefficient (Wildman–Crippen LogP) is 0.964. The predicted molar refractivity (Wildman–Crippen MR) is 89.5 cm³/mol. The van der Waals surface area contributed by atoms with Gasteiger partial charge < -0.3 is 19.4 Å². The third-order valence-corrected chi connectivity index (χ3v) is 5.07. The van der Waals surface area contributed by atoms with Crippen LogP contribution in [0.2, 0.25) is 0 Å². The Morgan fingerprint density at radius 3 is 2.96 bits per heavy atom. The van der Waals surface area contributed by atoms with Gasteiger partial charge in [0.25, 0.3) is 5.56 Å². The van der Waals surface area contributed by atoms with E-state index in [4.69, 9.17) is 18.5 Å². The van der Waals surface area contributed by atoms with Gasteiger partial charge in [-0.15, -0.1) is 0 Å². The van der Waals surface area contributed by atoms with Crippen molar-refractivity contribution >= 4 is 19.0 Å². The molecule has 4 atom stereocenters. The zero-order chi connectivity index (χ0) is 18.9. The molecule has 0 saturated carbocycles. The van der Waals surface area contributed by atoms with Crippen molar-refractivity contribution in [3.8, 4) is 0 Å². The summed E-state index contributed by atoms with van der Waals surface area (Å²) in [5.74, 6) is 0. The highest BCUT2D eigenvalue weighted by Crippen LogP contribution is 2.45. The fraction of sp³-hybridized carbons (Fsp3) is 0.643. The lowest BCUT2D eigenvalue weighted by molar-refractivity contribution is -0.0525. The first-order valence-electron chi connectivity index (χ1n) is 8.05. The number of phosphoric acid groups is 1. The summed E-state index contributed by atoms with van der Waals surface area (Å²) in [6, 6.07) is 0. The summed E-state index contributed by atoms with van der Waals surface area (Å²) in [4.78, 5) is 32.1. The Morgan fingerprint density at radius 2 is 2.27 bits per heavy atom. The highest BCUT2D eigenvalue weighted by Gasteiger charge is 2.39. The average Bonchev–Trinajstić information content (AvgIpc) is 3.16. The van der Waals surface area contributed by atoms with E-state index in [1.54, 1.807) is 18.4 Å². The van der Waals surface area contributed by atoms with E-state index in [-0.39, 0.29) is 23.8 Å². The van der Waals surface area contributed by atoms with Gasteiger partial charge >= 0.3 is 7.82 Å². The molecule has 2 N–H and O–H groups in total. The molecule has 0 radical (unpaired) electrons. The smallest absolute Gasteiger partial charge is 0.378 e. The SMILES string of the molecule is COC1C[C@H](n2cnc3c(=O)[nH]cnc32)O[C@@H]1COP(=O)(O)OC(C)C. The number of rotatable bonds is 7. The van der Waals surface area contributed by atoms with Crippen LogP contribution in [-0.4, -0.2) is 56.4 Å². The molecule has 26 heavy (non-hydrogen) atoms. The Labute approximate surface area is 148 Å². The summed E-state index contributed by atoms with van der Waals surface area (Å²) >= 11 is 0. The minimum Gasteiger partial charge on any atom is -0.378 e. The van der Waals surface area contributed by atoms with E-state index in [0.717, 1.165) is 0 Å². The number of nitrogens with zero attached hydrogens (tertiary/aromatic N) is 3. The Bertz CT molecular complexity index is 866. The van der Waals surface area contributed by atoms with E-state index in [9.17, 15) is 14.3 Å². The van der Waals surface area contributed by atoms with Crippen LogP contribution < -0.4 is 5.56 Å². The lowest BCUT2D eigenvalue weighted by Crippen LogP contribution is -2.28. The van der Waals surface area contributed by atoms with Gasteiger partial charge in [-0.05, 0) is 13.8 Å². The zero-order valence-corrected chi connectivity index (χ0v) is 15.5. The zero-order valence-electron chi connectivity index (χ0n) is 14.6. The summed E-state index contributed by atoms with van der Waals surface area (Å²) in [5.41, 5.74) is 0.239. The minimum atomic E-state index is -4.18. The molecule has 12 heteroatoms. The van der Waals surface area contributed by atoms with Gasteiger partial charge in [0, 0.05) is 13.5 Å². The van der Waals surface area contributed by atoms with E-state index in [1.165, 1.54) is 19.8 Å². The standard InChI is InChI=1S/C14H21N4O7P/c1-8(2)25-26(20,21)23-5-10-9(22-3)4-11(24-10)18-7-17-12-13(18)15-6-16-14(12)19/h6-11H,4-5H2,1-3H3,(H,20,21)(H,15,16,19)/t9?,10-,11-/m1/s1. The molecule has 0 aliphatic carbocycles. The number of H-pyrrole nitrogens is 1. The number of hydrogen-bond donors (Lipinski definition) is 2. The fourth-order valence-electron chi connectivity index (χ4n) is 2.81. The first kappa shape index (κ1) is 19.2. The van der Waals surface area contributed by atoms with Crippen LogP contribution in [0.5, 0.6) is 0 Å². The second-order valence-corrected chi connectivity index (χ2v) is 7.52. The van der Waals surface area contributed by atoms with Gasteiger partial charge in [-0.2, -0.15) is 0 Å². The van der Waals surface area contributed by atoms with Crippen LogP contribution in [0.3, 0.4) is 0 Å². The highest BCUT2D eigenvalue weighted by molar-refractivity contribution is 7.47. The number of aromatic nitrogens is 4. The van der Waals surface area contributed by atoms with Gasteiger partial charge in [0.2, 0.25) is 0 Å². The largest absolute Gasteiger partial charge is 0.472 e. The van der Waals surface area contributed by atoms with Gasteiger partial charge in [-0.1, -0.05) is 0 Å². The molecule has 11 nitrogen and oxygen atoms in total. The van der Waals surface area contributed by atoms with Crippen molar-refractivity contribution in [2.75, 3.05) is 13.7 Å². The molecule has 0 amide bonds. The van der Waals surface area contributed by atoms with Crippen LogP contribution in [0.1, 0.15) is 26.5 Å². The van der Waals surface area contributed by atoms with Crippen LogP contribution in [-0.2, 0) is 23.1 Å². The second-order valence-electron chi connectivity index (χ2n) is 6.11. The molecule has 0 aromatic carbocycles. The van der Waals surface area contributed by atoms with Crippen molar-refractivity contribution in [2.45, 2.75) is 44.8 Å². The number of nitrogens with one attached hydrogen (secondary N) is 1. The van der Waals surface area contributed by atoms with Crippen LogP contribution >= 0.6 is 7.82 Å². The highest BCUT2D eigenvalue weighted by atomic mass is 31.2. The Hall–Kier alpha value is -1.62. The Morgan fingerprint density at radius 1 is 1.50 bits per heavy atom. The molecule has 3 rings (SSSR count). The average molecular weight is 388 g/mol. The minimum absolute atomic E-state index is 0.184. The van der Waals surface area contributed by atoms with Gasteiger partial charge in [0.15, 0.2) is 11.2 Å². The van der Waals surface area contributed by atoms with Gasteiger partial charge in [-0.25, -0.2) is 14.5 Å². The molecule has 3 heterocycles. The summed E-state index contributed by atoms with van der Waals surface area (Å²) in [5, 5.41) is 0. The maximum Gasteiger partial charge on any atom is 0.472 e. The molecule has 1 saturated heterocycles. The normalized spacial score (nSPS) is 25.8. The molecule has 2 aromatic rings. The molecule has 1 aliphatic rings. The molecule has 0 spiro atoms. The lowest BCUT2D eigenvalue weighted by Gasteiger charge is -2.20. The van der Waals surface area contributed by atoms with Crippen molar-refractivity contribution in [1.29, 1.82) is 0 Å². The molecule has 144 valence electrons. The Balaban J connectivity index is 1.73. The van der Waals surface area contributed by atoms with Crippen molar-refractivity contribution in [2.24, 2.45) is 0 Å². The van der Waals surface area contributed by atoms with Crippen LogP contribution in [0.4, 0.5) is 0 Å². The molecular formula is C14H21N4O7P. The van der Waals surface area contributed by atoms with Crippen molar-refractivity contribution in [3.05, 3.63) is 23.0 Å². The van der Waals surface area contributed by atoms with Gasteiger partial charge in [0.1, 0.15) is 12.3 Å². The van der Waals surface area contributed by atoms with E-state index in [1.807, 2.05) is 0 Å². The summed E-state index contributed by atoms with van der Waals surface area (Å²) in [6.45, 7) is 3.08. The van der Waals surface area contributed by atoms with E-state index < -0.39 is 26.3 Å².